The number of benzene rings is 1. The monoisotopic (exact) mass is 253 g/mol. The molecule has 1 fully saturated rings. The van der Waals surface area contributed by atoms with E-state index >= 15 is 0 Å². The second-order valence-electron chi connectivity index (χ2n) is 4.70. The summed E-state index contributed by atoms with van der Waals surface area (Å²) in [6, 6.07) is 4.26. The van der Waals surface area contributed by atoms with Crippen molar-refractivity contribution in [2.45, 2.75) is 20.3 Å². The van der Waals surface area contributed by atoms with E-state index < -0.39 is 0 Å². The Balaban J connectivity index is 2.00. The van der Waals surface area contributed by atoms with Gasteiger partial charge in [0.25, 0.3) is 0 Å². The molecule has 1 aliphatic heterocycles. The van der Waals surface area contributed by atoms with Crippen molar-refractivity contribution in [3.05, 3.63) is 33.8 Å². The number of rotatable bonds is 3. The Labute approximate surface area is 109 Å². The van der Waals surface area contributed by atoms with Crippen LogP contribution in [0.4, 0.5) is 0 Å². The van der Waals surface area contributed by atoms with E-state index in [1.54, 1.807) is 0 Å². The Morgan fingerprint density at radius 3 is 2.53 bits per heavy atom. The van der Waals surface area contributed by atoms with Crippen molar-refractivity contribution in [2.24, 2.45) is 0 Å². The first-order valence-electron chi connectivity index (χ1n) is 6.23. The first kappa shape index (κ1) is 12.9. The van der Waals surface area contributed by atoms with E-state index in [9.17, 15) is 0 Å². The topological polar surface area (TPSA) is 12.5 Å². The van der Waals surface area contributed by atoms with Crippen LogP contribution in [-0.4, -0.2) is 37.7 Å². The summed E-state index contributed by atoms with van der Waals surface area (Å²) in [6.07, 6.45) is 1.03. The van der Waals surface area contributed by atoms with E-state index in [0.717, 1.165) is 44.3 Å². The molecule has 1 aromatic carbocycles. The average molecular weight is 254 g/mol. The third kappa shape index (κ3) is 3.21. The van der Waals surface area contributed by atoms with Gasteiger partial charge in [-0.1, -0.05) is 23.7 Å². The summed E-state index contributed by atoms with van der Waals surface area (Å²) >= 11 is 6.37. The highest BCUT2D eigenvalue weighted by Crippen LogP contribution is 2.24. The Morgan fingerprint density at radius 1 is 1.18 bits per heavy atom. The Bertz CT molecular complexity index is 386. The maximum absolute atomic E-state index is 6.37. The van der Waals surface area contributed by atoms with Gasteiger partial charge in [-0.3, -0.25) is 4.90 Å². The van der Waals surface area contributed by atoms with Gasteiger partial charge in [0.1, 0.15) is 0 Å². The zero-order valence-electron chi connectivity index (χ0n) is 10.6. The molecule has 94 valence electrons. The fourth-order valence-corrected chi connectivity index (χ4v) is 2.54. The van der Waals surface area contributed by atoms with Crippen LogP contribution < -0.4 is 0 Å². The summed E-state index contributed by atoms with van der Waals surface area (Å²) in [4.78, 5) is 2.45. The van der Waals surface area contributed by atoms with Gasteiger partial charge < -0.3 is 4.74 Å². The van der Waals surface area contributed by atoms with Gasteiger partial charge in [-0.05, 0) is 37.0 Å². The largest absolute Gasteiger partial charge is 0.379 e. The Hall–Kier alpha value is -0.570. The standard InChI is InChI=1S/C14H20ClNO/c1-11-3-4-12(2)14(15)13(11)5-6-16-7-9-17-10-8-16/h3-4H,5-10H2,1-2H3. The molecule has 0 unspecified atom stereocenters. The summed E-state index contributed by atoms with van der Waals surface area (Å²) in [7, 11) is 0. The van der Waals surface area contributed by atoms with Gasteiger partial charge in [-0.2, -0.15) is 0 Å². The van der Waals surface area contributed by atoms with Crippen molar-refractivity contribution in [3.63, 3.8) is 0 Å². The molecule has 2 nitrogen and oxygen atoms in total. The predicted molar refractivity (Wildman–Crippen MR) is 71.9 cm³/mol. The number of ether oxygens (including phenoxy) is 1. The predicted octanol–water partition coefficient (Wildman–Crippen LogP) is 2.83. The van der Waals surface area contributed by atoms with Crippen LogP contribution in [0.15, 0.2) is 12.1 Å². The summed E-state index contributed by atoms with van der Waals surface area (Å²) in [5.41, 5.74) is 3.78. The minimum Gasteiger partial charge on any atom is -0.379 e. The maximum atomic E-state index is 6.37. The molecule has 0 bridgehead atoms. The second kappa shape index (κ2) is 5.85. The quantitative estimate of drug-likeness (QED) is 0.822. The molecule has 3 heteroatoms. The molecule has 2 rings (SSSR count). The van der Waals surface area contributed by atoms with Crippen molar-refractivity contribution in [3.8, 4) is 0 Å². The lowest BCUT2D eigenvalue weighted by molar-refractivity contribution is 0.0384. The summed E-state index contributed by atoms with van der Waals surface area (Å²) in [5.74, 6) is 0. The molecule has 0 spiro atoms. The highest BCUT2D eigenvalue weighted by molar-refractivity contribution is 6.32. The van der Waals surface area contributed by atoms with Crippen LogP contribution >= 0.6 is 11.6 Å². The third-order valence-electron chi connectivity index (χ3n) is 3.45. The zero-order valence-corrected chi connectivity index (χ0v) is 11.4. The number of aryl methyl sites for hydroxylation is 2. The van der Waals surface area contributed by atoms with E-state index in [1.807, 2.05) is 0 Å². The van der Waals surface area contributed by atoms with Gasteiger partial charge >= 0.3 is 0 Å². The number of hydrogen-bond donors (Lipinski definition) is 0. The molecule has 0 radical (unpaired) electrons. The van der Waals surface area contributed by atoms with Crippen LogP contribution in [0.1, 0.15) is 16.7 Å². The average Bonchev–Trinajstić information content (AvgIpc) is 2.35. The molecule has 1 aromatic rings. The van der Waals surface area contributed by atoms with Crippen molar-refractivity contribution in [1.29, 1.82) is 0 Å². The lowest BCUT2D eigenvalue weighted by Crippen LogP contribution is -2.37. The van der Waals surface area contributed by atoms with Gasteiger partial charge in [-0.15, -0.1) is 0 Å². The van der Waals surface area contributed by atoms with Crippen molar-refractivity contribution < 1.29 is 4.74 Å². The smallest absolute Gasteiger partial charge is 0.0594 e. The zero-order chi connectivity index (χ0) is 12.3. The Morgan fingerprint density at radius 2 is 1.82 bits per heavy atom. The summed E-state index contributed by atoms with van der Waals surface area (Å²) in [5, 5.41) is 0.943. The molecule has 0 N–H and O–H groups in total. The van der Waals surface area contributed by atoms with Crippen molar-refractivity contribution in [1.82, 2.24) is 4.90 Å². The van der Waals surface area contributed by atoms with Crippen molar-refractivity contribution in [2.75, 3.05) is 32.8 Å². The first-order chi connectivity index (χ1) is 8.18. The van der Waals surface area contributed by atoms with E-state index in [2.05, 4.69) is 30.9 Å². The molecule has 0 saturated carbocycles. The molecule has 0 amide bonds. The highest BCUT2D eigenvalue weighted by Gasteiger charge is 2.12. The third-order valence-corrected chi connectivity index (χ3v) is 3.98. The molecule has 0 atom stereocenters. The van der Waals surface area contributed by atoms with Crippen LogP contribution in [0.5, 0.6) is 0 Å². The van der Waals surface area contributed by atoms with E-state index in [4.69, 9.17) is 16.3 Å². The lowest BCUT2D eigenvalue weighted by Gasteiger charge is -2.27. The second-order valence-corrected chi connectivity index (χ2v) is 5.07. The van der Waals surface area contributed by atoms with E-state index in [1.165, 1.54) is 16.7 Å². The highest BCUT2D eigenvalue weighted by atomic mass is 35.5. The lowest BCUT2D eigenvalue weighted by atomic mass is 10.0. The van der Waals surface area contributed by atoms with Gasteiger partial charge in [0.2, 0.25) is 0 Å². The van der Waals surface area contributed by atoms with Crippen molar-refractivity contribution >= 4 is 11.6 Å². The van der Waals surface area contributed by atoms with Gasteiger partial charge in [-0.25, -0.2) is 0 Å². The first-order valence-corrected chi connectivity index (χ1v) is 6.61. The molecule has 17 heavy (non-hydrogen) atoms. The molecular formula is C14H20ClNO. The minimum absolute atomic E-state index is 0.862. The van der Waals surface area contributed by atoms with Gasteiger partial charge in [0, 0.05) is 24.7 Å². The number of morpholine rings is 1. The fourth-order valence-electron chi connectivity index (χ4n) is 2.24. The molecule has 1 aliphatic rings. The van der Waals surface area contributed by atoms with E-state index in [0.29, 0.717) is 0 Å². The molecule has 0 aromatic heterocycles. The number of nitrogens with zero attached hydrogens (tertiary/aromatic N) is 1. The number of halogens is 1. The van der Waals surface area contributed by atoms with Gasteiger partial charge in [0.15, 0.2) is 0 Å². The molecule has 0 aliphatic carbocycles. The van der Waals surface area contributed by atoms with Gasteiger partial charge in [0.05, 0.1) is 13.2 Å². The van der Waals surface area contributed by atoms with Crippen LogP contribution in [-0.2, 0) is 11.2 Å². The maximum Gasteiger partial charge on any atom is 0.0594 e. The SMILES string of the molecule is Cc1ccc(C)c(CCN2CCOCC2)c1Cl. The van der Waals surface area contributed by atoms with Crippen LogP contribution in [0.2, 0.25) is 5.02 Å². The normalized spacial score (nSPS) is 17.4. The fraction of sp³-hybridized carbons (Fsp3) is 0.571. The molecule has 1 heterocycles. The van der Waals surface area contributed by atoms with Crippen LogP contribution in [0.3, 0.4) is 0 Å². The summed E-state index contributed by atoms with van der Waals surface area (Å²) < 4.78 is 5.35. The molecular weight excluding hydrogens is 234 g/mol. The van der Waals surface area contributed by atoms with Crippen LogP contribution in [0, 0.1) is 13.8 Å². The molecule has 1 saturated heterocycles. The Kier molecular flexibility index (Phi) is 4.43. The minimum atomic E-state index is 0.862. The number of hydrogen-bond acceptors (Lipinski definition) is 2. The van der Waals surface area contributed by atoms with E-state index in [-0.39, 0.29) is 0 Å². The summed E-state index contributed by atoms with van der Waals surface area (Å²) in [6.45, 7) is 9.10. The van der Waals surface area contributed by atoms with Crippen LogP contribution in [0.25, 0.3) is 0 Å².